The molecule has 0 N–H and O–H groups in total. The molecule has 1 amide bonds. The van der Waals surface area contributed by atoms with Crippen LogP contribution >= 0.6 is 0 Å². The maximum atomic E-state index is 12.5. The zero-order valence-electron chi connectivity index (χ0n) is 12.4. The lowest BCUT2D eigenvalue weighted by molar-refractivity contribution is 0.0646. The van der Waals surface area contributed by atoms with Crippen molar-refractivity contribution >= 4 is 5.91 Å². The minimum absolute atomic E-state index is 0.0669. The molecule has 0 radical (unpaired) electrons. The van der Waals surface area contributed by atoms with E-state index in [0.29, 0.717) is 17.8 Å². The Hall–Kier alpha value is -1.42. The molecule has 1 saturated heterocycles. The molecule has 1 saturated carbocycles. The van der Waals surface area contributed by atoms with Crippen LogP contribution in [0.1, 0.15) is 54.2 Å². The fourth-order valence-electron chi connectivity index (χ4n) is 3.22. The van der Waals surface area contributed by atoms with Gasteiger partial charge in [-0.05, 0) is 63.4 Å². The van der Waals surface area contributed by atoms with Gasteiger partial charge in [0.25, 0.3) is 5.91 Å². The molecule has 0 unspecified atom stereocenters. The van der Waals surface area contributed by atoms with Crippen LogP contribution < -0.4 is 0 Å². The molecule has 1 aliphatic carbocycles. The van der Waals surface area contributed by atoms with Crippen molar-refractivity contribution in [3.05, 3.63) is 29.6 Å². The summed E-state index contributed by atoms with van der Waals surface area (Å²) in [6.45, 7) is 1.14. The van der Waals surface area contributed by atoms with E-state index >= 15 is 0 Å². The molecule has 4 nitrogen and oxygen atoms in total. The average Bonchev–Trinajstić information content (AvgIpc) is 2.82. The standard InChI is InChI=1S/C16H23N3O/c1-18-10-4-7-15(18)12-8-9-17-14(11-12)16(20)19(2)13-5-3-6-13/h8-9,11,13,15H,3-7,10H2,1-2H3/t15-/m0/s1. The summed E-state index contributed by atoms with van der Waals surface area (Å²) in [5, 5.41) is 0. The first-order chi connectivity index (χ1) is 9.66. The number of rotatable bonds is 3. The molecular weight excluding hydrogens is 250 g/mol. The quantitative estimate of drug-likeness (QED) is 0.849. The second kappa shape index (κ2) is 5.52. The number of amides is 1. The Morgan fingerprint density at radius 3 is 2.75 bits per heavy atom. The summed E-state index contributed by atoms with van der Waals surface area (Å²) in [7, 11) is 4.06. The van der Waals surface area contributed by atoms with Gasteiger partial charge >= 0.3 is 0 Å². The molecule has 2 aliphatic rings. The fraction of sp³-hybridized carbons (Fsp3) is 0.625. The van der Waals surface area contributed by atoms with E-state index in [2.05, 4.69) is 16.9 Å². The van der Waals surface area contributed by atoms with Crippen molar-refractivity contribution in [2.24, 2.45) is 0 Å². The van der Waals surface area contributed by atoms with Gasteiger partial charge in [0, 0.05) is 25.3 Å². The van der Waals surface area contributed by atoms with Crippen molar-refractivity contribution in [1.82, 2.24) is 14.8 Å². The van der Waals surface area contributed by atoms with E-state index in [4.69, 9.17) is 0 Å². The van der Waals surface area contributed by atoms with Crippen LogP contribution in [0, 0.1) is 0 Å². The maximum Gasteiger partial charge on any atom is 0.272 e. The molecule has 0 aromatic carbocycles. The summed E-state index contributed by atoms with van der Waals surface area (Å²) in [6.07, 6.45) is 7.69. The molecule has 108 valence electrons. The first kappa shape index (κ1) is 13.6. The van der Waals surface area contributed by atoms with Crippen molar-refractivity contribution in [1.29, 1.82) is 0 Å². The first-order valence-electron chi connectivity index (χ1n) is 7.60. The van der Waals surface area contributed by atoms with Gasteiger partial charge < -0.3 is 4.90 Å². The van der Waals surface area contributed by atoms with Crippen LogP contribution in [-0.2, 0) is 0 Å². The predicted octanol–water partition coefficient (Wildman–Crippen LogP) is 2.47. The van der Waals surface area contributed by atoms with Crippen LogP contribution in [0.4, 0.5) is 0 Å². The first-order valence-corrected chi connectivity index (χ1v) is 7.60. The van der Waals surface area contributed by atoms with Gasteiger partial charge in [0.05, 0.1) is 0 Å². The highest BCUT2D eigenvalue weighted by molar-refractivity contribution is 5.92. The third-order valence-corrected chi connectivity index (χ3v) is 4.85. The van der Waals surface area contributed by atoms with Crippen LogP contribution in [0.15, 0.2) is 18.3 Å². The van der Waals surface area contributed by atoms with E-state index in [1.807, 2.05) is 24.1 Å². The Morgan fingerprint density at radius 2 is 2.15 bits per heavy atom. The summed E-state index contributed by atoms with van der Waals surface area (Å²) < 4.78 is 0. The van der Waals surface area contributed by atoms with Gasteiger partial charge in [0.15, 0.2) is 0 Å². The monoisotopic (exact) mass is 273 g/mol. The number of hydrogen-bond acceptors (Lipinski definition) is 3. The van der Waals surface area contributed by atoms with Crippen LogP contribution in [0.3, 0.4) is 0 Å². The van der Waals surface area contributed by atoms with E-state index in [1.165, 1.54) is 24.8 Å². The molecule has 1 aliphatic heterocycles. The molecule has 4 heteroatoms. The molecule has 0 spiro atoms. The molecule has 2 heterocycles. The van der Waals surface area contributed by atoms with E-state index in [1.54, 1.807) is 6.20 Å². The summed E-state index contributed by atoms with van der Waals surface area (Å²) in [6, 6.07) is 4.90. The lowest BCUT2D eigenvalue weighted by Gasteiger charge is -2.34. The van der Waals surface area contributed by atoms with Crippen molar-refractivity contribution in [2.45, 2.75) is 44.2 Å². The molecule has 0 bridgehead atoms. The Kier molecular flexibility index (Phi) is 3.74. The topological polar surface area (TPSA) is 36.4 Å². The minimum Gasteiger partial charge on any atom is -0.337 e. The summed E-state index contributed by atoms with van der Waals surface area (Å²) in [4.78, 5) is 21.0. The Balaban J connectivity index is 1.78. The number of aromatic nitrogens is 1. The van der Waals surface area contributed by atoms with Crippen LogP contribution in [0.2, 0.25) is 0 Å². The Morgan fingerprint density at radius 1 is 1.35 bits per heavy atom. The number of pyridine rings is 1. The predicted molar refractivity (Wildman–Crippen MR) is 78.6 cm³/mol. The van der Waals surface area contributed by atoms with Crippen molar-refractivity contribution < 1.29 is 4.79 Å². The van der Waals surface area contributed by atoms with Crippen LogP contribution in [-0.4, -0.2) is 47.4 Å². The molecule has 1 atom stereocenters. The van der Waals surface area contributed by atoms with E-state index < -0.39 is 0 Å². The van der Waals surface area contributed by atoms with Crippen molar-refractivity contribution in [3.63, 3.8) is 0 Å². The van der Waals surface area contributed by atoms with E-state index in [-0.39, 0.29) is 5.91 Å². The molecular formula is C16H23N3O. The van der Waals surface area contributed by atoms with Crippen molar-refractivity contribution in [3.8, 4) is 0 Å². The fourth-order valence-corrected chi connectivity index (χ4v) is 3.22. The van der Waals surface area contributed by atoms with Gasteiger partial charge in [0.1, 0.15) is 5.69 Å². The van der Waals surface area contributed by atoms with Gasteiger partial charge in [0.2, 0.25) is 0 Å². The van der Waals surface area contributed by atoms with Gasteiger partial charge in [-0.15, -0.1) is 0 Å². The van der Waals surface area contributed by atoms with Gasteiger partial charge in [-0.25, -0.2) is 0 Å². The number of likely N-dealkylation sites (tertiary alicyclic amines) is 1. The number of carbonyl (C=O) groups excluding carboxylic acids is 1. The summed E-state index contributed by atoms with van der Waals surface area (Å²) in [5.74, 6) is 0.0669. The molecule has 2 fully saturated rings. The Bertz CT molecular complexity index is 498. The number of nitrogens with zero attached hydrogens (tertiary/aromatic N) is 3. The van der Waals surface area contributed by atoms with Crippen LogP contribution in [0.25, 0.3) is 0 Å². The normalized spacial score (nSPS) is 23.6. The number of hydrogen-bond donors (Lipinski definition) is 0. The molecule has 3 rings (SSSR count). The van der Waals surface area contributed by atoms with E-state index in [0.717, 1.165) is 19.4 Å². The van der Waals surface area contributed by atoms with Crippen molar-refractivity contribution in [2.75, 3.05) is 20.6 Å². The highest BCUT2D eigenvalue weighted by Crippen LogP contribution is 2.30. The largest absolute Gasteiger partial charge is 0.337 e. The van der Waals surface area contributed by atoms with Gasteiger partial charge in [-0.1, -0.05) is 0 Å². The zero-order valence-corrected chi connectivity index (χ0v) is 12.4. The minimum atomic E-state index is 0.0669. The Labute approximate surface area is 120 Å². The molecule has 20 heavy (non-hydrogen) atoms. The van der Waals surface area contributed by atoms with Gasteiger partial charge in [-0.2, -0.15) is 0 Å². The molecule has 1 aromatic rings. The third kappa shape index (κ3) is 2.44. The molecule has 1 aromatic heterocycles. The second-order valence-electron chi connectivity index (χ2n) is 6.11. The third-order valence-electron chi connectivity index (χ3n) is 4.85. The second-order valence-corrected chi connectivity index (χ2v) is 6.11. The highest BCUT2D eigenvalue weighted by atomic mass is 16.2. The van der Waals surface area contributed by atoms with E-state index in [9.17, 15) is 4.79 Å². The average molecular weight is 273 g/mol. The summed E-state index contributed by atoms with van der Waals surface area (Å²) >= 11 is 0. The summed E-state index contributed by atoms with van der Waals surface area (Å²) in [5.41, 5.74) is 1.82. The maximum absolute atomic E-state index is 12.5. The number of carbonyl (C=O) groups is 1. The lowest BCUT2D eigenvalue weighted by atomic mass is 9.91. The van der Waals surface area contributed by atoms with Crippen LogP contribution in [0.5, 0.6) is 0 Å². The van der Waals surface area contributed by atoms with Gasteiger partial charge in [-0.3, -0.25) is 14.7 Å². The zero-order chi connectivity index (χ0) is 14.1. The smallest absolute Gasteiger partial charge is 0.272 e. The SMILES string of the molecule is CN(C(=O)c1cc([C@@H]2CCCN2C)ccn1)C1CCC1. The lowest BCUT2D eigenvalue weighted by Crippen LogP contribution is -2.41. The highest BCUT2D eigenvalue weighted by Gasteiger charge is 2.28.